The van der Waals surface area contributed by atoms with E-state index in [9.17, 15) is 22.8 Å². The van der Waals surface area contributed by atoms with Crippen molar-refractivity contribution in [3.8, 4) is 0 Å². The number of carbonyl (C=O) groups excluding carboxylic acids is 1. The van der Waals surface area contributed by atoms with Gasteiger partial charge in [-0.25, -0.2) is 0 Å². The summed E-state index contributed by atoms with van der Waals surface area (Å²) in [6, 6.07) is 2.63. The highest BCUT2D eigenvalue weighted by molar-refractivity contribution is 8.00. The second-order valence-corrected chi connectivity index (χ2v) is 6.72. The minimum absolute atomic E-state index is 0.0258. The third-order valence-corrected chi connectivity index (χ3v) is 4.35. The molecule has 1 aromatic carbocycles. The van der Waals surface area contributed by atoms with Gasteiger partial charge in [-0.05, 0) is 32.0 Å². The number of rotatable bonds is 4. The van der Waals surface area contributed by atoms with E-state index in [0.717, 1.165) is 30.0 Å². The molecule has 2 N–H and O–H groups in total. The van der Waals surface area contributed by atoms with Gasteiger partial charge in [-0.1, -0.05) is 23.4 Å². The Hall–Kier alpha value is -2.07. The summed E-state index contributed by atoms with van der Waals surface area (Å²) in [5.41, 5.74) is -1.35. The first-order valence-electron chi connectivity index (χ1n) is 6.86. The van der Waals surface area contributed by atoms with Gasteiger partial charge in [0.2, 0.25) is 5.91 Å². The van der Waals surface area contributed by atoms with E-state index in [-0.39, 0.29) is 21.6 Å². The zero-order chi connectivity index (χ0) is 18.8. The molecule has 11 heteroatoms. The lowest BCUT2D eigenvalue weighted by atomic mass is 10.2. The van der Waals surface area contributed by atoms with Crippen LogP contribution in [0.4, 0.5) is 18.9 Å². The molecule has 0 radical (unpaired) electrons. The molecule has 1 atom stereocenters. The fourth-order valence-electron chi connectivity index (χ4n) is 1.68. The monoisotopic (exact) mass is 392 g/mol. The summed E-state index contributed by atoms with van der Waals surface area (Å²) >= 11 is 6.74. The Bertz CT molecular complexity index is 857. The molecule has 134 valence electrons. The molecule has 2 aromatic rings. The van der Waals surface area contributed by atoms with Crippen molar-refractivity contribution < 1.29 is 18.0 Å². The number of amides is 1. The van der Waals surface area contributed by atoms with Gasteiger partial charge in [0, 0.05) is 0 Å². The zero-order valence-corrected chi connectivity index (χ0v) is 14.5. The minimum atomic E-state index is -4.55. The van der Waals surface area contributed by atoms with Crippen molar-refractivity contribution in [1.82, 2.24) is 15.2 Å². The maximum absolute atomic E-state index is 12.7. The van der Waals surface area contributed by atoms with Crippen molar-refractivity contribution in [1.29, 1.82) is 0 Å². The molecule has 1 heterocycles. The lowest BCUT2D eigenvalue weighted by molar-refractivity contribution is -0.137. The summed E-state index contributed by atoms with van der Waals surface area (Å²) in [6.45, 7) is 2.98. The number of aromatic nitrogens is 3. The molecule has 0 saturated heterocycles. The molecule has 6 nitrogen and oxygen atoms in total. The zero-order valence-electron chi connectivity index (χ0n) is 12.9. The van der Waals surface area contributed by atoms with Crippen molar-refractivity contribution in [3.05, 3.63) is 44.8 Å². The van der Waals surface area contributed by atoms with E-state index in [2.05, 4.69) is 20.5 Å². The molecular weight excluding hydrogens is 381 g/mol. The molecule has 0 aliphatic rings. The number of thioether (sulfide) groups is 1. The van der Waals surface area contributed by atoms with Crippen molar-refractivity contribution in [2.24, 2.45) is 0 Å². The molecule has 0 bridgehead atoms. The fraction of sp³-hybridized carbons (Fsp3) is 0.286. The van der Waals surface area contributed by atoms with E-state index >= 15 is 0 Å². The fourth-order valence-corrected chi connectivity index (χ4v) is 2.59. The van der Waals surface area contributed by atoms with Crippen molar-refractivity contribution >= 4 is 35.0 Å². The van der Waals surface area contributed by atoms with Crippen LogP contribution >= 0.6 is 23.4 Å². The van der Waals surface area contributed by atoms with E-state index in [1.807, 2.05) is 0 Å². The highest BCUT2D eigenvalue weighted by atomic mass is 35.5. The number of nitrogens with zero attached hydrogens (tertiary/aromatic N) is 2. The Labute approximate surface area is 149 Å². The van der Waals surface area contributed by atoms with Gasteiger partial charge in [-0.15, -0.1) is 10.2 Å². The number of hydrogen-bond acceptors (Lipinski definition) is 5. The number of nitrogens with one attached hydrogen (secondary N) is 2. The average molecular weight is 393 g/mol. The van der Waals surface area contributed by atoms with Gasteiger partial charge >= 0.3 is 6.18 Å². The van der Waals surface area contributed by atoms with Crippen LogP contribution in [0, 0.1) is 6.92 Å². The van der Waals surface area contributed by atoms with Crippen LogP contribution in [0.5, 0.6) is 0 Å². The molecule has 25 heavy (non-hydrogen) atoms. The molecule has 0 saturated carbocycles. The highest BCUT2D eigenvalue weighted by Gasteiger charge is 2.31. The highest BCUT2D eigenvalue weighted by Crippen LogP contribution is 2.34. The first kappa shape index (κ1) is 19.3. The van der Waals surface area contributed by atoms with Crippen molar-refractivity contribution in [2.45, 2.75) is 30.4 Å². The molecular formula is C14H12ClF3N4O2S. The Morgan fingerprint density at radius 1 is 1.36 bits per heavy atom. The minimum Gasteiger partial charge on any atom is -0.324 e. The first-order chi connectivity index (χ1) is 11.6. The Balaban J connectivity index is 2.13. The summed E-state index contributed by atoms with van der Waals surface area (Å²) in [7, 11) is 0. The average Bonchev–Trinajstić information content (AvgIpc) is 2.51. The molecule has 0 aliphatic carbocycles. The lowest BCUT2D eigenvalue weighted by Crippen LogP contribution is -2.24. The molecule has 0 fully saturated rings. The predicted octanol–water partition coefficient (Wildman–Crippen LogP) is 3.26. The van der Waals surface area contributed by atoms with Gasteiger partial charge in [0.15, 0.2) is 5.16 Å². The largest absolute Gasteiger partial charge is 0.416 e. The summed E-state index contributed by atoms with van der Waals surface area (Å²) in [6.07, 6.45) is -4.55. The summed E-state index contributed by atoms with van der Waals surface area (Å²) in [5.74, 6) is -0.602. The van der Waals surface area contributed by atoms with Gasteiger partial charge in [-0.3, -0.25) is 14.6 Å². The molecule has 1 aromatic heterocycles. The Morgan fingerprint density at radius 2 is 2.04 bits per heavy atom. The number of benzene rings is 1. The standard InChI is InChI=1S/C14H12ClF3N4O2S/c1-6-11(23)20-13(22-21-6)25-7(2)12(24)19-10-5-8(14(16,17)18)3-4-9(10)15/h3-5,7H,1-2H3,(H,19,24)(H,20,22,23)/t7-/m1/s1. The summed E-state index contributed by atoms with van der Waals surface area (Å²) < 4.78 is 38.2. The van der Waals surface area contributed by atoms with Crippen LogP contribution in [0.2, 0.25) is 5.02 Å². The van der Waals surface area contributed by atoms with Crippen molar-refractivity contribution in [3.63, 3.8) is 0 Å². The second-order valence-electron chi connectivity index (χ2n) is 4.99. The van der Waals surface area contributed by atoms with Crippen LogP contribution in [0.25, 0.3) is 0 Å². The van der Waals surface area contributed by atoms with Crippen LogP contribution in [0.15, 0.2) is 28.2 Å². The molecule has 0 unspecified atom stereocenters. The normalized spacial score (nSPS) is 12.7. The predicted molar refractivity (Wildman–Crippen MR) is 87.8 cm³/mol. The van der Waals surface area contributed by atoms with Crippen LogP contribution in [-0.2, 0) is 11.0 Å². The number of hydrogen-bond donors (Lipinski definition) is 2. The smallest absolute Gasteiger partial charge is 0.324 e. The maximum atomic E-state index is 12.7. The van der Waals surface area contributed by atoms with Crippen molar-refractivity contribution in [2.75, 3.05) is 5.32 Å². The van der Waals surface area contributed by atoms with Crippen LogP contribution < -0.4 is 10.9 Å². The van der Waals surface area contributed by atoms with Crippen LogP contribution in [0.1, 0.15) is 18.2 Å². The first-order valence-corrected chi connectivity index (χ1v) is 8.11. The number of halogens is 4. The van der Waals surface area contributed by atoms with E-state index in [0.29, 0.717) is 0 Å². The number of aryl methyl sites for hydroxylation is 1. The number of carbonyl (C=O) groups is 1. The van der Waals surface area contributed by atoms with Crippen LogP contribution in [0.3, 0.4) is 0 Å². The second kappa shape index (κ2) is 7.44. The summed E-state index contributed by atoms with van der Waals surface area (Å²) in [5, 5.41) is 9.03. The molecule has 2 rings (SSSR count). The van der Waals surface area contributed by atoms with Gasteiger partial charge < -0.3 is 5.32 Å². The number of H-pyrrole nitrogens is 1. The quantitative estimate of drug-likeness (QED) is 0.780. The number of anilines is 1. The number of alkyl halides is 3. The van der Waals surface area contributed by atoms with E-state index in [1.54, 1.807) is 0 Å². The Kier molecular flexibility index (Phi) is 5.73. The van der Waals surface area contributed by atoms with E-state index in [4.69, 9.17) is 11.6 Å². The van der Waals surface area contributed by atoms with Gasteiger partial charge in [-0.2, -0.15) is 13.2 Å². The topological polar surface area (TPSA) is 87.7 Å². The third kappa shape index (κ3) is 4.95. The molecule has 1 amide bonds. The molecule has 0 spiro atoms. The lowest BCUT2D eigenvalue weighted by Gasteiger charge is -2.14. The number of aromatic amines is 1. The van der Waals surface area contributed by atoms with Gasteiger partial charge in [0.25, 0.3) is 5.56 Å². The third-order valence-electron chi connectivity index (χ3n) is 3.05. The van der Waals surface area contributed by atoms with Gasteiger partial charge in [0.05, 0.1) is 21.5 Å². The van der Waals surface area contributed by atoms with E-state index in [1.165, 1.54) is 13.8 Å². The molecule has 0 aliphatic heterocycles. The van der Waals surface area contributed by atoms with Crippen LogP contribution in [-0.4, -0.2) is 26.3 Å². The van der Waals surface area contributed by atoms with E-state index < -0.39 is 28.5 Å². The van der Waals surface area contributed by atoms with Gasteiger partial charge in [0.1, 0.15) is 5.69 Å². The summed E-state index contributed by atoms with van der Waals surface area (Å²) in [4.78, 5) is 26.1. The SMILES string of the molecule is Cc1nnc(S[C@H](C)C(=O)Nc2cc(C(F)(F)F)ccc2Cl)[nH]c1=O. The maximum Gasteiger partial charge on any atom is 0.416 e. The Morgan fingerprint density at radius 3 is 2.64 bits per heavy atom.